The van der Waals surface area contributed by atoms with Gasteiger partial charge < -0.3 is 24.6 Å². The quantitative estimate of drug-likeness (QED) is 0.415. The predicted molar refractivity (Wildman–Crippen MR) is 123 cm³/mol. The number of hydrogen-bond donors (Lipinski definition) is 2. The molecule has 30 heavy (non-hydrogen) atoms. The van der Waals surface area contributed by atoms with Crippen LogP contribution in [0.3, 0.4) is 0 Å². The third-order valence-corrected chi connectivity index (χ3v) is 5.48. The van der Waals surface area contributed by atoms with E-state index in [4.69, 9.17) is 14.2 Å². The average molecular weight is 472 g/mol. The largest absolute Gasteiger partial charge is 0.497 e. The Kier molecular flexibility index (Phi) is 7.60. The first-order valence-corrected chi connectivity index (χ1v) is 10.4. The number of hydrogen-bond acceptors (Lipinski definition) is 5. The Balaban J connectivity index is 1.86. The number of ether oxygens (including phenoxy) is 3. The van der Waals surface area contributed by atoms with Gasteiger partial charge in [0, 0.05) is 16.6 Å². The number of nitrogens with one attached hydrogen (secondary N) is 1. The Morgan fingerprint density at radius 2 is 1.43 bits per heavy atom. The summed E-state index contributed by atoms with van der Waals surface area (Å²) in [6.07, 6.45) is -0.224. The van der Waals surface area contributed by atoms with Crippen LogP contribution in [-0.2, 0) is 0 Å². The van der Waals surface area contributed by atoms with Crippen molar-refractivity contribution in [2.45, 2.75) is 18.6 Å². The Morgan fingerprint density at radius 1 is 0.800 bits per heavy atom. The first-order chi connectivity index (χ1) is 14.5. The number of rotatable bonds is 9. The van der Waals surface area contributed by atoms with Gasteiger partial charge in [0.25, 0.3) is 0 Å². The molecule has 6 heteroatoms. The molecule has 0 aliphatic heterocycles. The molecule has 5 nitrogen and oxygen atoms in total. The van der Waals surface area contributed by atoms with Crippen LogP contribution < -0.4 is 19.5 Å². The number of methoxy groups -OCH3 is 3. The molecule has 0 saturated heterocycles. The summed E-state index contributed by atoms with van der Waals surface area (Å²) < 4.78 is 17.0. The molecule has 0 heterocycles. The molecular weight excluding hydrogens is 446 g/mol. The lowest BCUT2D eigenvalue weighted by Crippen LogP contribution is -2.15. The summed E-state index contributed by atoms with van der Waals surface area (Å²) >= 11 is 3.46. The topological polar surface area (TPSA) is 60.0 Å². The van der Waals surface area contributed by atoms with Crippen molar-refractivity contribution in [1.82, 2.24) is 0 Å². The lowest BCUT2D eigenvalue weighted by molar-refractivity contribution is 0.160. The van der Waals surface area contributed by atoms with Gasteiger partial charge in [-0.05, 0) is 59.7 Å². The fourth-order valence-corrected chi connectivity index (χ4v) is 3.55. The highest BCUT2D eigenvalue weighted by Gasteiger charge is 2.20. The first kappa shape index (κ1) is 22.0. The highest BCUT2D eigenvalue weighted by atomic mass is 79.9. The Morgan fingerprint density at radius 3 is 2.03 bits per heavy atom. The van der Waals surface area contributed by atoms with Crippen molar-refractivity contribution in [2.24, 2.45) is 0 Å². The van der Waals surface area contributed by atoms with Gasteiger partial charge in [0.05, 0.1) is 33.5 Å². The zero-order valence-electron chi connectivity index (χ0n) is 17.3. The molecule has 2 unspecified atom stereocenters. The van der Waals surface area contributed by atoms with Crippen LogP contribution in [0.4, 0.5) is 5.69 Å². The van der Waals surface area contributed by atoms with Crippen LogP contribution in [0.1, 0.15) is 29.7 Å². The minimum Gasteiger partial charge on any atom is -0.497 e. The summed E-state index contributed by atoms with van der Waals surface area (Å²) in [5.41, 5.74) is 2.79. The number of halogens is 1. The van der Waals surface area contributed by atoms with Crippen molar-refractivity contribution >= 4 is 21.6 Å². The van der Waals surface area contributed by atoms with Gasteiger partial charge in [0.15, 0.2) is 11.5 Å². The Bertz CT molecular complexity index is 944. The van der Waals surface area contributed by atoms with Crippen LogP contribution in [0, 0.1) is 0 Å². The molecule has 0 amide bonds. The van der Waals surface area contributed by atoms with Gasteiger partial charge in [0.2, 0.25) is 0 Å². The standard InChI is InChI=1S/C24H26BrNO4/c1-28-20-11-4-16(5-12-20)21(26-19-9-7-18(25)8-10-19)15-22(27)17-6-13-23(29-2)24(14-17)30-3/h4-14,21-22,26-27H,15H2,1-3H3. The first-order valence-electron chi connectivity index (χ1n) is 9.60. The number of benzene rings is 3. The van der Waals surface area contributed by atoms with Crippen LogP contribution in [-0.4, -0.2) is 26.4 Å². The van der Waals surface area contributed by atoms with Crippen LogP contribution in [0.2, 0.25) is 0 Å². The molecule has 0 bridgehead atoms. The molecule has 0 aromatic heterocycles. The molecular formula is C24H26BrNO4. The smallest absolute Gasteiger partial charge is 0.161 e. The SMILES string of the molecule is COc1ccc(C(CC(O)c2ccc(OC)c(OC)c2)Nc2ccc(Br)cc2)cc1. The highest BCUT2D eigenvalue weighted by molar-refractivity contribution is 9.10. The number of aliphatic hydroxyl groups excluding tert-OH is 1. The van der Waals surface area contributed by atoms with E-state index in [1.807, 2.05) is 66.7 Å². The van der Waals surface area contributed by atoms with Gasteiger partial charge in [-0.1, -0.05) is 34.1 Å². The van der Waals surface area contributed by atoms with E-state index in [0.717, 1.165) is 27.0 Å². The number of aliphatic hydroxyl groups is 1. The monoisotopic (exact) mass is 471 g/mol. The molecule has 3 aromatic carbocycles. The molecule has 2 N–H and O–H groups in total. The van der Waals surface area contributed by atoms with Crippen molar-refractivity contribution in [1.29, 1.82) is 0 Å². The van der Waals surface area contributed by atoms with Gasteiger partial charge in [-0.2, -0.15) is 0 Å². The van der Waals surface area contributed by atoms with E-state index in [1.165, 1.54) is 0 Å². The summed E-state index contributed by atoms with van der Waals surface area (Å²) in [6, 6.07) is 21.2. The van der Waals surface area contributed by atoms with Crippen LogP contribution >= 0.6 is 15.9 Å². The molecule has 0 saturated carbocycles. The van der Waals surface area contributed by atoms with E-state index < -0.39 is 6.10 Å². The molecule has 3 rings (SSSR count). The van der Waals surface area contributed by atoms with Gasteiger partial charge in [0.1, 0.15) is 5.75 Å². The Hall–Kier alpha value is -2.70. The molecule has 0 aliphatic carbocycles. The van der Waals surface area contributed by atoms with E-state index in [2.05, 4.69) is 21.2 Å². The maximum atomic E-state index is 11.0. The second kappa shape index (κ2) is 10.4. The van der Waals surface area contributed by atoms with Crippen molar-refractivity contribution in [3.63, 3.8) is 0 Å². The van der Waals surface area contributed by atoms with E-state index in [-0.39, 0.29) is 6.04 Å². The summed E-state index contributed by atoms with van der Waals surface area (Å²) in [5, 5.41) is 14.5. The predicted octanol–water partition coefficient (Wildman–Crippen LogP) is 5.75. The summed E-state index contributed by atoms with van der Waals surface area (Å²) in [6.45, 7) is 0. The van der Waals surface area contributed by atoms with E-state index >= 15 is 0 Å². The minimum atomic E-state index is -0.695. The van der Waals surface area contributed by atoms with Crippen molar-refractivity contribution in [3.8, 4) is 17.2 Å². The highest BCUT2D eigenvalue weighted by Crippen LogP contribution is 2.35. The third-order valence-electron chi connectivity index (χ3n) is 4.95. The molecule has 0 radical (unpaired) electrons. The fourth-order valence-electron chi connectivity index (χ4n) is 3.28. The average Bonchev–Trinajstić information content (AvgIpc) is 2.79. The summed E-state index contributed by atoms with van der Waals surface area (Å²) in [4.78, 5) is 0. The van der Waals surface area contributed by atoms with E-state index in [9.17, 15) is 5.11 Å². The normalized spacial score (nSPS) is 12.7. The molecule has 0 fully saturated rings. The maximum absolute atomic E-state index is 11.0. The molecule has 158 valence electrons. The van der Waals surface area contributed by atoms with Crippen LogP contribution in [0.5, 0.6) is 17.2 Å². The third kappa shape index (κ3) is 5.46. The summed E-state index contributed by atoms with van der Waals surface area (Å²) in [7, 11) is 4.83. The minimum absolute atomic E-state index is 0.111. The Labute approximate surface area is 185 Å². The van der Waals surface area contributed by atoms with Gasteiger partial charge in [-0.25, -0.2) is 0 Å². The van der Waals surface area contributed by atoms with Crippen molar-refractivity contribution in [3.05, 3.63) is 82.3 Å². The van der Waals surface area contributed by atoms with Crippen LogP contribution in [0.25, 0.3) is 0 Å². The van der Waals surface area contributed by atoms with Crippen LogP contribution in [0.15, 0.2) is 71.2 Å². The molecule has 0 aliphatic rings. The van der Waals surface area contributed by atoms with Gasteiger partial charge >= 0.3 is 0 Å². The molecule has 2 atom stereocenters. The zero-order valence-corrected chi connectivity index (χ0v) is 18.8. The van der Waals surface area contributed by atoms with Crippen molar-refractivity contribution in [2.75, 3.05) is 26.6 Å². The van der Waals surface area contributed by atoms with Gasteiger partial charge in [-0.15, -0.1) is 0 Å². The second-order valence-corrected chi connectivity index (χ2v) is 7.76. The second-order valence-electron chi connectivity index (χ2n) is 6.84. The van der Waals surface area contributed by atoms with Gasteiger partial charge in [-0.3, -0.25) is 0 Å². The molecule has 3 aromatic rings. The fraction of sp³-hybridized carbons (Fsp3) is 0.250. The maximum Gasteiger partial charge on any atom is 0.161 e. The van der Waals surface area contributed by atoms with E-state index in [0.29, 0.717) is 17.9 Å². The summed E-state index contributed by atoms with van der Waals surface area (Å²) in [5.74, 6) is 2.02. The number of anilines is 1. The lowest BCUT2D eigenvalue weighted by Gasteiger charge is -2.24. The zero-order chi connectivity index (χ0) is 21.5. The van der Waals surface area contributed by atoms with E-state index in [1.54, 1.807) is 21.3 Å². The van der Waals surface area contributed by atoms with Crippen molar-refractivity contribution < 1.29 is 19.3 Å². The molecule has 0 spiro atoms. The lowest BCUT2D eigenvalue weighted by atomic mass is 9.96.